The Hall–Kier alpha value is -3.52. The molecule has 0 aliphatic heterocycles. The van der Waals surface area contributed by atoms with Crippen molar-refractivity contribution in [2.24, 2.45) is 5.92 Å². The van der Waals surface area contributed by atoms with Crippen LogP contribution in [0, 0.1) is 16.0 Å². The van der Waals surface area contributed by atoms with E-state index in [1.807, 2.05) is 22.9 Å². The number of rotatable bonds is 8. The van der Waals surface area contributed by atoms with Crippen LogP contribution in [0.1, 0.15) is 52.6 Å². The van der Waals surface area contributed by atoms with Gasteiger partial charge in [0.2, 0.25) is 11.8 Å². The highest BCUT2D eigenvalue weighted by Crippen LogP contribution is 2.48. The second-order valence-corrected chi connectivity index (χ2v) is 9.80. The minimum atomic E-state index is -0.414. The summed E-state index contributed by atoms with van der Waals surface area (Å²) in [4.78, 5) is 35.4. The molecule has 2 aliphatic carbocycles. The number of non-ortho nitro benzene ring substituents is 1. The van der Waals surface area contributed by atoms with Crippen LogP contribution in [0.3, 0.4) is 0 Å². The van der Waals surface area contributed by atoms with Gasteiger partial charge >= 0.3 is 0 Å². The van der Waals surface area contributed by atoms with Gasteiger partial charge in [0.15, 0.2) is 0 Å². The van der Waals surface area contributed by atoms with Crippen LogP contribution in [0.2, 0.25) is 0 Å². The van der Waals surface area contributed by atoms with Gasteiger partial charge in [-0.05, 0) is 69.8 Å². The summed E-state index contributed by atoms with van der Waals surface area (Å²) in [5.41, 5.74) is 5.50. The lowest BCUT2D eigenvalue weighted by atomic mass is 10.0. The zero-order valence-electron chi connectivity index (χ0n) is 18.5. The molecule has 0 bridgehead atoms. The first-order chi connectivity index (χ1) is 16.5. The molecule has 1 heterocycles. The number of carbonyl (C=O) groups is 2. The molecule has 7 nitrogen and oxygen atoms in total. The highest BCUT2D eigenvalue weighted by atomic mass is 32.1. The van der Waals surface area contributed by atoms with Gasteiger partial charge in [0, 0.05) is 24.6 Å². The zero-order chi connectivity index (χ0) is 23.7. The van der Waals surface area contributed by atoms with Crippen LogP contribution in [-0.4, -0.2) is 16.7 Å². The number of amides is 2. The number of nitrogens with zero attached hydrogens (tertiary/aromatic N) is 1. The Morgan fingerprint density at radius 3 is 2.65 bits per heavy atom. The van der Waals surface area contributed by atoms with E-state index in [4.69, 9.17) is 0 Å². The maximum absolute atomic E-state index is 12.8. The van der Waals surface area contributed by atoms with E-state index in [9.17, 15) is 19.7 Å². The number of fused-ring (bicyclic) bond motifs is 1. The highest BCUT2D eigenvalue weighted by Gasteiger charge is 2.44. The predicted octanol–water partition coefficient (Wildman–Crippen LogP) is 4.42. The normalized spacial score (nSPS) is 20.4. The zero-order valence-corrected chi connectivity index (χ0v) is 19.3. The van der Waals surface area contributed by atoms with Crippen molar-refractivity contribution in [2.75, 3.05) is 0 Å². The largest absolute Gasteiger partial charge is 0.352 e. The molecule has 1 fully saturated rings. The second kappa shape index (κ2) is 9.38. The lowest BCUT2D eigenvalue weighted by Crippen LogP contribution is -2.29. The van der Waals surface area contributed by atoms with Gasteiger partial charge in [-0.15, -0.1) is 0 Å². The van der Waals surface area contributed by atoms with Gasteiger partial charge < -0.3 is 10.6 Å². The Bertz CT molecular complexity index is 1220. The summed E-state index contributed by atoms with van der Waals surface area (Å²) in [7, 11) is 0. The Labute approximate surface area is 201 Å². The van der Waals surface area contributed by atoms with Crippen molar-refractivity contribution in [3.05, 3.63) is 97.2 Å². The molecule has 2 aromatic carbocycles. The average Bonchev–Trinajstić information content (AvgIpc) is 3.30. The van der Waals surface area contributed by atoms with Gasteiger partial charge in [-0.3, -0.25) is 19.7 Å². The van der Waals surface area contributed by atoms with E-state index in [0.717, 1.165) is 41.5 Å². The van der Waals surface area contributed by atoms with Gasteiger partial charge in [-0.25, -0.2) is 0 Å². The molecule has 0 spiro atoms. The molecule has 2 amide bonds. The smallest absolute Gasteiger partial charge is 0.269 e. The monoisotopic (exact) mass is 475 g/mol. The first-order valence-electron chi connectivity index (χ1n) is 11.4. The Kier molecular flexibility index (Phi) is 6.15. The number of hydrogen-bond donors (Lipinski definition) is 2. The third kappa shape index (κ3) is 4.87. The maximum Gasteiger partial charge on any atom is 0.269 e. The first kappa shape index (κ1) is 22.3. The number of thiophene rings is 1. The summed E-state index contributed by atoms with van der Waals surface area (Å²) >= 11 is 1.59. The van der Waals surface area contributed by atoms with Crippen molar-refractivity contribution in [2.45, 2.75) is 44.2 Å². The average molecular weight is 476 g/mol. The molecule has 0 radical (unpaired) electrons. The Morgan fingerprint density at radius 1 is 1.09 bits per heavy atom. The van der Waals surface area contributed by atoms with Gasteiger partial charge in [0.05, 0.1) is 17.4 Å². The van der Waals surface area contributed by atoms with Crippen molar-refractivity contribution in [3.63, 3.8) is 0 Å². The Morgan fingerprint density at radius 2 is 1.91 bits per heavy atom. The molecule has 2 aliphatic rings. The van der Waals surface area contributed by atoms with E-state index in [2.05, 4.69) is 22.8 Å². The molecule has 174 valence electrons. The highest BCUT2D eigenvalue weighted by molar-refractivity contribution is 7.08. The van der Waals surface area contributed by atoms with Crippen molar-refractivity contribution in [1.82, 2.24) is 10.6 Å². The number of benzene rings is 2. The third-order valence-corrected chi connectivity index (χ3v) is 7.43. The number of hydrogen-bond acceptors (Lipinski definition) is 5. The summed E-state index contributed by atoms with van der Waals surface area (Å²) < 4.78 is 0. The van der Waals surface area contributed by atoms with Crippen LogP contribution in [0.5, 0.6) is 0 Å². The summed E-state index contributed by atoms with van der Waals surface area (Å²) in [6, 6.07) is 14.7. The molecule has 1 aromatic heterocycles. The van der Waals surface area contributed by atoms with E-state index in [0.29, 0.717) is 13.0 Å². The molecule has 1 unspecified atom stereocenters. The number of nitro benzene ring substituents is 1. The molecule has 34 heavy (non-hydrogen) atoms. The van der Waals surface area contributed by atoms with E-state index in [1.165, 1.54) is 17.7 Å². The number of nitrogens with one attached hydrogen (secondary N) is 2. The van der Waals surface area contributed by atoms with Gasteiger partial charge in [-0.1, -0.05) is 30.3 Å². The number of aryl methyl sites for hydroxylation is 1. The van der Waals surface area contributed by atoms with E-state index in [1.54, 1.807) is 23.5 Å². The van der Waals surface area contributed by atoms with Gasteiger partial charge in [-0.2, -0.15) is 11.3 Å². The van der Waals surface area contributed by atoms with Crippen LogP contribution in [0.15, 0.2) is 59.3 Å². The summed E-state index contributed by atoms with van der Waals surface area (Å²) in [5, 5.41) is 21.0. The van der Waals surface area contributed by atoms with Crippen LogP contribution in [0.25, 0.3) is 0 Å². The van der Waals surface area contributed by atoms with E-state index >= 15 is 0 Å². The summed E-state index contributed by atoms with van der Waals surface area (Å²) in [6.45, 7) is 0.492. The van der Waals surface area contributed by atoms with Crippen LogP contribution in [-0.2, 0) is 29.0 Å². The minimum Gasteiger partial charge on any atom is -0.352 e. The fourth-order valence-corrected chi connectivity index (χ4v) is 5.42. The quantitative estimate of drug-likeness (QED) is 0.372. The SMILES string of the molecule is O=C(Cc1ccsc1)NCc1ccc2c(c1)CCC2NC(=O)[C@@H]1C[C@H]1c1ccc([N+](=O)[O-])cc1. The standard InChI is InChI=1S/C26H25N3O4S/c30-25(12-17-9-10-34-15-17)27-14-16-1-7-21-19(11-16)4-8-24(21)28-26(31)23-13-22(23)18-2-5-20(6-3-18)29(32)33/h1-3,5-7,9-11,15,22-24H,4,8,12-14H2,(H,27,30)(H,28,31)/t22-,23+,24?/m0/s1. The van der Waals surface area contributed by atoms with Crippen LogP contribution in [0.4, 0.5) is 5.69 Å². The first-order valence-corrected chi connectivity index (χ1v) is 12.4. The third-order valence-electron chi connectivity index (χ3n) is 6.70. The van der Waals surface area contributed by atoms with E-state index < -0.39 is 4.92 Å². The second-order valence-electron chi connectivity index (χ2n) is 9.02. The van der Waals surface area contributed by atoms with Crippen molar-refractivity contribution in [1.29, 1.82) is 0 Å². The molecule has 3 atom stereocenters. The van der Waals surface area contributed by atoms with Crippen molar-refractivity contribution >= 4 is 28.8 Å². The van der Waals surface area contributed by atoms with Crippen LogP contribution < -0.4 is 10.6 Å². The molecule has 0 saturated heterocycles. The summed E-state index contributed by atoms with van der Waals surface area (Å²) in [5.74, 6) is 0.104. The number of nitro groups is 1. The number of carbonyl (C=O) groups excluding carboxylic acids is 2. The molecule has 8 heteroatoms. The molecular formula is C26H25N3O4S. The minimum absolute atomic E-state index is 0.00263. The van der Waals surface area contributed by atoms with Crippen molar-refractivity contribution < 1.29 is 14.5 Å². The molecule has 2 N–H and O–H groups in total. The van der Waals surface area contributed by atoms with Crippen LogP contribution >= 0.6 is 11.3 Å². The van der Waals surface area contributed by atoms with Crippen molar-refractivity contribution in [3.8, 4) is 0 Å². The van der Waals surface area contributed by atoms with Gasteiger partial charge in [0.25, 0.3) is 5.69 Å². The fraction of sp³-hybridized carbons (Fsp3) is 0.308. The molecule has 5 rings (SSSR count). The van der Waals surface area contributed by atoms with E-state index in [-0.39, 0.29) is 35.4 Å². The summed E-state index contributed by atoms with van der Waals surface area (Å²) in [6.07, 6.45) is 2.93. The Balaban J connectivity index is 1.14. The fourth-order valence-electron chi connectivity index (χ4n) is 4.75. The molecular weight excluding hydrogens is 450 g/mol. The maximum atomic E-state index is 12.8. The molecule has 3 aromatic rings. The molecule has 1 saturated carbocycles. The lowest BCUT2D eigenvalue weighted by molar-refractivity contribution is -0.384. The van der Waals surface area contributed by atoms with Gasteiger partial charge in [0.1, 0.15) is 0 Å². The topological polar surface area (TPSA) is 101 Å². The lowest BCUT2D eigenvalue weighted by Gasteiger charge is -2.15. The predicted molar refractivity (Wildman–Crippen MR) is 129 cm³/mol.